The van der Waals surface area contributed by atoms with Crippen molar-refractivity contribution in [2.45, 2.75) is 44.2 Å². The van der Waals surface area contributed by atoms with E-state index < -0.39 is 10.0 Å². The first-order valence-corrected chi connectivity index (χ1v) is 11.5. The number of rotatable bonds is 5. The predicted octanol–water partition coefficient (Wildman–Crippen LogP) is 4.48. The Kier molecular flexibility index (Phi) is 5.90. The van der Waals surface area contributed by atoms with Gasteiger partial charge in [-0.2, -0.15) is 5.10 Å². The molecular weight excluding hydrogens is 394 g/mol. The lowest BCUT2D eigenvalue weighted by molar-refractivity contribution is 0.0954. The number of carbonyl (C=O) groups excluding carboxylic acids is 1. The molecule has 6 nitrogen and oxygen atoms in total. The van der Waals surface area contributed by atoms with Crippen LogP contribution in [0.4, 0.5) is 5.69 Å². The molecule has 8 heteroatoms. The zero-order chi connectivity index (χ0) is 20.4. The highest BCUT2D eigenvalue weighted by atomic mass is 32.2. The van der Waals surface area contributed by atoms with Crippen LogP contribution >= 0.6 is 11.3 Å². The zero-order valence-corrected chi connectivity index (χ0v) is 17.9. The van der Waals surface area contributed by atoms with Gasteiger partial charge >= 0.3 is 0 Å². The van der Waals surface area contributed by atoms with E-state index in [1.807, 2.05) is 0 Å². The third-order valence-electron chi connectivity index (χ3n) is 4.64. The topological polar surface area (TPSA) is 87.6 Å². The van der Waals surface area contributed by atoms with E-state index in [1.54, 1.807) is 41.8 Å². The number of hydrogen-bond donors (Lipinski definition) is 2. The Morgan fingerprint density at radius 3 is 2.54 bits per heavy atom. The van der Waals surface area contributed by atoms with Gasteiger partial charge in [0.05, 0.1) is 0 Å². The van der Waals surface area contributed by atoms with Gasteiger partial charge in [-0.05, 0) is 66.3 Å². The molecule has 1 aromatic heterocycles. The number of nitrogens with zero attached hydrogens (tertiary/aromatic N) is 1. The highest BCUT2D eigenvalue weighted by Crippen LogP contribution is 2.36. The van der Waals surface area contributed by atoms with Crippen molar-refractivity contribution in [3.8, 4) is 0 Å². The van der Waals surface area contributed by atoms with E-state index in [4.69, 9.17) is 0 Å². The summed E-state index contributed by atoms with van der Waals surface area (Å²) in [7, 11) is -3.60. The average Bonchev–Trinajstić information content (AvgIpc) is 3.14. The molecule has 1 aliphatic carbocycles. The summed E-state index contributed by atoms with van der Waals surface area (Å²) < 4.78 is 27.2. The highest BCUT2D eigenvalue weighted by molar-refractivity contribution is 7.94. The van der Waals surface area contributed by atoms with E-state index >= 15 is 0 Å². The van der Waals surface area contributed by atoms with Crippen LogP contribution in [0.3, 0.4) is 0 Å². The molecule has 1 aromatic carbocycles. The Morgan fingerprint density at radius 2 is 1.93 bits per heavy atom. The maximum absolute atomic E-state index is 12.4. The van der Waals surface area contributed by atoms with Gasteiger partial charge < -0.3 is 0 Å². The molecule has 150 valence electrons. The maximum Gasteiger partial charge on any atom is 0.271 e. The minimum Gasteiger partial charge on any atom is -0.279 e. The molecule has 0 aliphatic heterocycles. The third-order valence-corrected chi connectivity index (χ3v) is 7.42. The van der Waals surface area contributed by atoms with Crippen LogP contribution in [0.2, 0.25) is 0 Å². The van der Waals surface area contributed by atoms with Crippen LogP contribution in [0.25, 0.3) is 0 Å². The number of nitrogens with one attached hydrogen (secondary N) is 2. The SMILES string of the molecule is CC1C/C(=N\NC(=O)c2ccc(NS(=O)(=O)c3cccs3)cc2)CC(C)(C)C1. The summed E-state index contributed by atoms with van der Waals surface area (Å²) in [6.07, 6.45) is 2.93. The molecule has 1 atom stereocenters. The van der Waals surface area contributed by atoms with Crippen LogP contribution < -0.4 is 10.1 Å². The largest absolute Gasteiger partial charge is 0.279 e. The molecule has 28 heavy (non-hydrogen) atoms. The minimum atomic E-state index is -3.60. The Hall–Kier alpha value is -2.19. The van der Waals surface area contributed by atoms with Crippen molar-refractivity contribution in [1.29, 1.82) is 0 Å². The normalized spacial score (nSPS) is 20.7. The summed E-state index contributed by atoms with van der Waals surface area (Å²) in [4.78, 5) is 12.4. The predicted molar refractivity (Wildman–Crippen MR) is 113 cm³/mol. The second-order valence-corrected chi connectivity index (χ2v) is 10.9. The van der Waals surface area contributed by atoms with Gasteiger partial charge in [0, 0.05) is 17.0 Å². The zero-order valence-electron chi connectivity index (χ0n) is 16.2. The Morgan fingerprint density at radius 1 is 1.21 bits per heavy atom. The van der Waals surface area contributed by atoms with Crippen molar-refractivity contribution >= 4 is 38.7 Å². The second-order valence-electron chi connectivity index (χ2n) is 8.09. The molecule has 2 aromatic rings. The lowest BCUT2D eigenvalue weighted by Gasteiger charge is -2.34. The van der Waals surface area contributed by atoms with Crippen LogP contribution in [-0.4, -0.2) is 20.0 Å². The molecular formula is C20H25N3O3S2. The van der Waals surface area contributed by atoms with Gasteiger partial charge in [-0.25, -0.2) is 13.8 Å². The Balaban J connectivity index is 1.63. The van der Waals surface area contributed by atoms with Gasteiger partial charge in [0.15, 0.2) is 0 Å². The fourth-order valence-corrected chi connectivity index (χ4v) is 5.76. The van der Waals surface area contributed by atoms with Crippen LogP contribution in [-0.2, 0) is 10.0 Å². The van der Waals surface area contributed by atoms with Crippen molar-refractivity contribution in [1.82, 2.24) is 5.43 Å². The molecule has 2 N–H and O–H groups in total. The van der Waals surface area contributed by atoms with E-state index in [-0.39, 0.29) is 15.5 Å². The number of anilines is 1. The summed E-state index contributed by atoms with van der Waals surface area (Å²) in [6.45, 7) is 6.64. The first kappa shape index (κ1) is 20.5. The fourth-order valence-electron chi connectivity index (χ4n) is 3.71. The monoisotopic (exact) mass is 419 g/mol. The van der Waals surface area contributed by atoms with E-state index in [0.717, 1.165) is 36.3 Å². The molecule has 0 bridgehead atoms. The van der Waals surface area contributed by atoms with Gasteiger partial charge in [0.2, 0.25) is 0 Å². The molecule has 1 unspecified atom stereocenters. The summed E-state index contributed by atoms with van der Waals surface area (Å²) in [6, 6.07) is 9.52. The van der Waals surface area contributed by atoms with Crippen LogP contribution in [0, 0.1) is 11.3 Å². The number of carbonyl (C=O) groups is 1. The average molecular weight is 420 g/mol. The smallest absolute Gasteiger partial charge is 0.271 e. The van der Waals surface area contributed by atoms with Crippen molar-refractivity contribution in [2.75, 3.05) is 4.72 Å². The summed E-state index contributed by atoms with van der Waals surface area (Å²) in [5.74, 6) is 0.242. The number of hydrogen-bond acceptors (Lipinski definition) is 5. The van der Waals surface area contributed by atoms with Crippen molar-refractivity contribution < 1.29 is 13.2 Å². The van der Waals surface area contributed by atoms with Crippen molar-refractivity contribution in [3.05, 3.63) is 47.3 Å². The number of amides is 1. The molecule has 1 fully saturated rings. The van der Waals surface area contributed by atoms with Gasteiger partial charge in [-0.15, -0.1) is 11.3 Å². The molecule has 1 heterocycles. The van der Waals surface area contributed by atoms with E-state index in [9.17, 15) is 13.2 Å². The van der Waals surface area contributed by atoms with Gasteiger partial charge in [0.1, 0.15) is 4.21 Å². The van der Waals surface area contributed by atoms with Crippen molar-refractivity contribution in [3.63, 3.8) is 0 Å². The summed E-state index contributed by atoms with van der Waals surface area (Å²) in [5, 5.41) is 6.03. The first-order chi connectivity index (χ1) is 13.1. The van der Waals surface area contributed by atoms with Crippen molar-refractivity contribution in [2.24, 2.45) is 16.4 Å². The number of benzene rings is 1. The standard InChI is InChI=1S/C20H25N3O3S2/c1-14-11-17(13-20(2,3)12-14)21-22-19(24)15-6-8-16(9-7-15)23-28(25,26)18-5-4-10-27-18/h4-10,14,23H,11-13H2,1-3H3,(H,22,24)/b21-17+. The minimum absolute atomic E-state index is 0.197. The van der Waals surface area contributed by atoms with Crippen LogP contribution in [0.1, 0.15) is 50.4 Å². The van der Waals surface area contributed by atoms with Gasteiger partial charge in [0.25, 0.3) is 15.9 Å². The Labute approximate surface area is 170 Å². The molecule has 1 amide bonds. The summed E-state index contributed by atoms with van der Waals surface area (Å²) >= 11 is 1.15. The van der Waals surface area contributed by atoms with Gasteiger partial charge in [-0.3, -0.25) is 9.52 Å². The van der Waals surface area contributed by atoms with Crippen LogP contribution in [0.5, 0.6) is 0 Å². The Bertz CT molecular complexity index is 963. The molecule has 0 saturated heterocycles. The molecule has 0 radical (unpaired) electrons. The summed E-state index contributed by atoms with van der Waals surface area (Å²) in [5.41, 5.74) is 4.66. The lowest BCUT2D eigenvalue weighted by Crippen LogP contribution is -2.30. The molecule has 0 spiro atoms. The molecule has 1 aliphatic rings. The number of sulfonamides is 1. The van der Waals surface area contributed by atoms with E-state index in [0.29, 0.717) is 17.2 Å². The van der Waals surface area contributed by atoms with E-state index in [1.165, 1.54) is 0 Å². The molecule has 3 rings (SSSR count). The number of hydrazone groups is 1. The quantitative estimate of drug-likeness (QED) is 0.701. The van der Waals surface area contributed by atoms with Crippen LogP contribution in [0.15, 0.2) is 51.1 Å². The lowest BCUT2D eigenvalue weighted by atomic mass is 9.72. The fraction of sp³-hybridized carbons (Fsp3) is 0.400. The molecule has 1 saturated carbocycles. The highest BCUT2D eigenvalue weighted by Gasteiger charge is 2.29. The first-order valence-electron chi connectivity index (χ1n) is 9.17. The third kappa shape index (κ3) is 5.20. The number of thiophene rings is 1. The maximum atomic E-state index is 12.4. The van der Waals surface area contributed by atoms with E-state index in [2.05, 4.69) is 36.0 Å². The second kappa shape index (κ2) is 8.05. The van der Waals surface area contributed by atoms with Gasteiger partial charge in [-0.1, -0.05) is 26.8 Å².